The third kappa shape index (κ3) is 4.00. The molecule has 178 valence electrons. The number of carbonyl (C=O) groups is 3. The van der Waals surface area contributed by atoms with E-state index in [9.17, 15) is 18.8 Å². The van der Waals surface area contributed by atoms with Crippen molar-refractivity contribution in [2.45, 2.75) is 58.9 Å². The average Bonchev–Trinajstić information content (AvgIpc) is 2.75. The highest BCUT2D eigenvalue weighted by Crippen LogP contribution is 2.44. The minimum atomic E-state index is -0.967. The van der Waals surface area contributed by atoms with E-state index in [1.807, 2.05) is 13.0 Å². The molecule has 1 saturated heterocycles. The molecule has 4 amide bonds. The summed E-state index contributed by atoms with van der Waals surface area (Å²) in [6.45, 7) is 11.7. The summed E-state index contributed by atoms with van der Waals surface area (Å²) >= 11 is 0. The van der Waals surface area contributed by atoms with Gasteiger partial charge >= 0.3 is 6.03 Å². The Morgan fingerprint density at radius 1 is 1.15 bits per heavy atom. The summed E-state index contributed by atoms with van der Waals surface area (Å²) in [7, 11) is 0. The number of carbonyl (C=O) groups excluding carboxylic acids is 3. The minimum Gasteiger partial charge on any atom is -0.366 e. The van der Waals surface area contributed by atoms with Crippen molar-refractivity contribution >= 4 is 35.3 Å². The number of para-hydroxylation sites is 1. The molecule has 0 radical (unpaired) electrons. The monoisotopic (exact) mass is 463 g/mol. The molecule has 2 heterocycles. The summed E-state index contributed by atoms with van der Waals surface area (Å²) in [4.78, 5) is 41.3. The number of aryl methyl sites for hydroxylation is 1. The van der Waals surface area contributed by atoms with Crippen molar-refractivity contribution in [1.29, 1.82) is 0 Å². The maximum atomic E-state index is 14.3. The standard InChI is InChI=1S/C27H30FN3O3/c1-6-11-30-23-12-16(2)18(13-19(23)17(3)15-27(30,4)5)14-20-24(32)29-26(34)31(25(20)33)22-10-8-7-9-21(22)28/h7-10,12-14,17H,6,11,15H2,1-5H3,(H,29,32,34)/b20-14-. The van der Waals surface area contributed by atoms with E-state index in [2.05, 4.69) is 44.0 Å². The molecule has 1 atom stereocenters. The van der Waals surface area contributed by atoms with Gasteiger partial charge in [-0.3, -0.25) is 14.9 Å². The van der Waals surface area contributed by atoms with Crippen LogP contribution in [0.2, 0.25) is 0 Å². The number of barbiturate groups is 1. The van der Waals surface area contributed by atoms with Gasteiger partial charge in [-0.25, -0.2) is 14.1 Å². The zero-order chi connectivity index (χ0) is 24.8. The van der Waals surface area contributed by atoms with Crippen LogP contribution in [0.3, 0.4) is 0 Å². The lowest BCUT2D eigenvalue weighted by Crippen LogP contribution is -2.54. The van der Waals surface area contributed by atoms with Gasteiger partial charge in [0, 0.05) is 17.8 Å². The number of hydrogen-bond acceptors (Lipinski definition) is 4. The molecule has 2 aromatic rings. The molecule has 0 spiro atoms. The fourth-order valence-corrected chi connectivity index (χ4v) is 5.12. The van der Waals surface area contributed by atoms with Gasteiger partial charge in [0.15, 0.2) is 0 Å². The molecular formula is C27H30FN3O3. The predicted octanol–water partition coefficient (Wildman–Crippen LogP) is 5.30. The number of urea groups is 1. The van der Waals surface area contributed by atoms with Crippen LogP contribution in [0, 0.1) is 12.7 Å². The number of hydrogen-bond donors (Lipinski definition) is 1. The Bertz CT molecular complexity index is 1220. The van der Waals surface area contributed by atoms with Crippen LogP contribution in [0.5, 0.6) is 0 Å². The van der Waals surface area contributed by atoms with E-state index in [-0.39, 0.29) is 16.8 Å². The second-order valence-electron chi connectivity index (χ2n) is 9.75. The van der Waals surface area contributed by atoms with Crippen LogP contribution in [0.15, 0.2) is 42.0 Å². The highest BCUT2D eigenvalue weighted by molar-refractivity contribution is 6.39. The molecule has 0 aliphatic carbocycles. The molecule has 2 aromatic carbocycles. The van der Waals surface area contributed by atoms with E-state index in [4.69, 9.17) is 0 Å². The van der Waals surface area contributed by atoms with Gasteiger partial charge in [-0.15, -0.1) is 0 Å². The van der Waals surface area contributed by atoms with E-state index >= 15 is 0 Å². The van der Waals surface area contributed by atoms with Crippen LogP contribution < -0.4 is 15.1 Å². The molecule has 1 N–H and O–H groups in total. The molecule has 1 unspecified atom stereocenters. The van der Waals surface area contributed by atoms with Gasteiger partial charge in [0.1, 0.15) is 11.4 Å². The largest absolute Gasteiger partial charge is 0.366 e. The lowest BCUT2D eigenvalue weighted by atomic mass is 9.78. The number of fused-ring (bicyclic) bond motifs is 1. The minimum absolute atomic E-state index is 0.0225. The first-order valence-corrected chi connectivity index (χ1v) is 11.6. The quantitative estimate of drug-likeness (QED) is 0.493. The predicted molar refractivity (Wildman–Crippen MR) is 131 cm³/mol. The molecule has 2 aliphatic rings. The Morgan fingerprint density at radius 3 is 2.53 bits per heavy atom. The Kier molecular flexibility index (Phi) is 6.06. The summed E-state index contributed by atoms with van der Waals surface area (Å²) in [6, 6.07) is 8.66. The first-order valence-electron chi connectivity index (χ1n) is 11.6. The summed E-state index contributed by atoms with van der Waals surface area (Å²) < 4.78 is 14.3. The number of benzene rings is 2. The van der Waals surface area contributed by atoms with Crippen molar-refractivity contribution in [2.75, 3.05) is 16.3 Å². The SMILES string of the molecule is CCCN1c2cc(C)c(/C=C3/C(=O)NC(=O)N(c4ccccc4F)C3=O)cc2C(C)CC1(C)C. The van der Waals surface area contributed by atoms with Gasteiger partial charge < -0.3 is 4.90 Å². The summed E-state index contributed by atoms with van der Waals surface area (Å²) in [5.41, 5.74) is 3.59. The molecule has 0 aromatic heterocycles. The maximum Gasteiger partial charge on any atom is 0.336 e. The van der Waals surface area contributed by atoms with E-state index < -0.39 is 23.7 Å². The number of imide groups is 2. The maximum absolute atomic E-state index is 14.3. The summed E-state index contributed by atoms with van der Waals surface area (Å²) in [5, 5.41) is 2.16. The molecule has 2 aliphatic heterocycles. The third-order valence-corrected chi connectivity index (χ3v) is 6.72. The highest BCUT2D eigenvalue weighted by atomic mass is 19.1. The molecular weight excluding hydrogens is 433 g/mol. The van der Waals surface area contributed by atoms with Gasteiger partial charge in [0.2, 0.25) is 0 Å². The number of anilines is 2. The lowest BCUT2D eigenvalue weighted by molar-refractivity contribution is -0.122. The van der Waals surface area contributed by atoms with Crippen LogP contribution >= 0.6 is 0 Å². The van der Waals surface area contributed by atoms with Crippen molar-refractivity contribution in [2.24, 2.45) is 0 Å². The second kappa shape index (κ2) is 8.70. The zero-order valence-electron chi connectivity index (χ0n) is 20.2. The Balaban J connectivity index is 1.79. The van der Waals surface area contributed by atoms with Crippen molar-refractivity contribution in [1.82, 2.24) is 5.32 Å². The van der Waals surface area contributed by atoms with Crippen LogP contribution in [-0.2, 0) is 9.59 Å². The third-order valence-electron chi connectivity index (χ3n) is 6.72. The fraction of sp³-hybridized carbons (Fsp3) is 0.370. The van der Waals surface area contributed by atoms with Crippen LogP contribution in [-0.4, -0.2) is 29.9 Å². The number of nitrogens with one attached hydrogen (secondary N) is 1. The van der Waals surface area contributed by atoms with Gasteiger partial charge in [-0.2, -0.15) is 0 Å². The topological polar surface area (TPSA) is 69.7 Å². The molecule has 1 fully saturated rings. The van der Waals surface area contributed by atoms with Crippen LogP contribution in [0.25, 0.3) is 6.08 Å². The van der Waals surface area contributed by atoms with Crippen LogP contribution in [0.4, 0.5) is 20.6 Å². The Hall–Kier alpha value is -3.48. The van der Waals surface area contributed by atoms with Crippen LogP contribution in [0.1, 0.15) is 63.1 Å². The van der Waals surface area contributed by atoms with E-state index in [1.165, 1.54) is 30.0 Å². The molecule has 0 bridgehead atoms. The van der Waals surface area contributed by atoms with Crippen molar-refractivity contribution in [3.63, 3.8) is 0 Å². The zero-order valence-corrected chi connectivity index (χ0v) is 20.2. The summed E-state index contributed by atoms with van der Waals surface area (Å²) in [5.74, 6) is -2.07. The first kappa shape index (κ1) is 23.7. The normalized spacial score (nSPS) is 21.1. The lowest BCUT2D eigenvalue weighted by Gasteiger charge is -2.48. The molecule has 7 heteroatoms. The number of rotatable bonds is 4. The molecule has 34 heavy (non-hydrogen) atoms. The molecule has 6 nitrogen and oxygen atoms in total. The molecule has 0 saturated carbocycles. The van der Waals surface area contributed by atoms with Gasteiger partial charge in [0.25, 0.3) is 11.8 Å². The molecule has 4 rings (SSSR count). The van der Waals surface area contributed by atoms with Crippen molar-refractivity contribution in [3.05, 3.63) is 64.5 Å². The smallest absolute Gasteiger partial charge is 0.336 e. The van der Waals surface area contributed by atoms with E-state index in [1.54, 1.807) is 0 Å². The van der Waals surface area contributed by atoms with E-state index in [0.717, 1.165) is 42.1 Å². The van der Waals surface area contributed by atoms with Crippen molar-refractivity contribution < 1.29 is 18.8 Å². The Morgan fingerprint density at radius 2 is 1.85 bits per heavy atom. The van der Waals surface area contributed by atoms with Gasteiger partial charge in [0.05, 0.1) is 5.69 Å². The van der Waals surface area contributed by atoms with Gasteiger partial charge in [-0.05, 0) is 86.6 Å². The average molecular weight is 464 g/mol. The van der Waals surface area contributed by atoms with Crippen molar-refractivity contribution in [3.8, 4) is 0 Å². The highest BCUT2D eigenvalue weighted by Gasteiger charge is 2.39. The van der Waals surface area contributed by atoms with Gasteiger partial charge in [-0.1, -0.05) is 26.0 Å². The second-order valence-corrected chi connectivity index (χ2v) is 9.75. The fourth-order valence-electron chi connectivity index (χ4n) is 5.12. The number of amides is 4. The Labute approximate surface area is 199 Å². The number of halogens is 1. The number of nitrogens with zero attached hydrogens (tertiary/aromatic N) is 2. The first-order chi connectivity index (χ1) is 16.0. The summed E-state index contributed by atoms with van der Waals surface area (Å²) in [6.07, 6.45) is 3.51. The van der Waals surface area contributed by atoms with E-state index in [0.29, 0.717) is 10.8 Å².